The zero-order chi connectivity index (χ0) is 13.3. The summed E-state index contributed by atoms with van der Waals surface area (Å²) < 4.78 is 25.6. The number of hydrogen-bond acceptors (Lipinski definition) is 7. The first-order valence-corrected chi connectivity index (χ1v) is 7.09. The molecule has 0 radical (unpaired) electrons. The van der Waals surface area contributed by atoms with Gasteiger partial charge >= 0.3 is 13.6 Å². The lowest BCUT2D eigenvalue weighted by molar-refractivity contribution is -0.263. The molecule has 0 aliphatic heterocycles. The number of alkyl halides is 1. The van der Waals surface area contributed by atoms with Crippen molar-refractivity contribution >= 4 is 25.2 Å². The highest BCUT2D eigenvalue weighted by atomic mass is 35.5. The monoisotopic (exact) mass is 290 g/mol. The van der Waals surface area contributed by atoms with Crippen LogP contribution in [-0.2, 0) is 33.2 Å². The summed E-state index contributed by atoms with van der Waals surface area (Å²) in [6.07, 6.45) is 0. The average Bonchev–Trinajstić information content (AvgIpc) is 2.33. The predicted molar refractivity (Wildman–Crippen MR) is 59.3 cm³/mol. The molecule has 0 saturated heterocycles. The second-order valence-corrected chi connectivity index (χ2v) is 5.22. The van der Waals surface area contributed by atoms with Crippen LogP contribution >= 0.6 is 19.2 Å². The molecule has 0 spiro atoms. The van der Waals surface area contributed by atoms with E-state index in [2.05, 4.69) is 23.9 Å². The molecule has 0 aliphatic rings. The van der Waals surface area contributed by atoms with Gasteiger partial charge in [0.2, 0.25) is 5.12 Å². The third-order valence-corrected chi connectivity index (χ3v) is 3.60. The van der Waals surface area contributed by atoms with Crippen molar-refractivity contribution in [3.8, 4) is 0 Å². The van der Waals surface area contributed by atoms with E-state index in [0.29, 0.717) is 0 Å². The van der Waals surface area contributed by atoms with Gasteiger partial charge in [-0.1, -0.05) is 11.6 Å². The van der Waals surface area contributed by atoms with Gasteiger partial charge < -0.3 is 4.74 Å². The van der Waals surface area contributed by atoms with Crippen LogP contribution in [0.1, 0.15) is 20.8 Å². The Hall–Kier alpha value is -0.170. The first kappa shape index (κ1) is 16.8. The van der Waals surface area contributed by atoms with Crippen molar-refractivity contribution in [2.75, 3.05) is 19.8 Å². The van der Waals surface area contributed by atoms with Crippen LogP contribution in [0.4, 0.5) is 0 Å². The molecule has 0 aliphatic carbocycles. The molecule has 17 heavy (non-hydrogen) atoms. The van der Waals surface area contributed by atoms with E-state index in [1.165, 1.54) is 0 Å². The standard InChI is InChI=1S/C8H16ClO7P/c1-4-12-8(10)7(9)17(11,15-13-5-2)16-14-6-3/h7H,4-6H2,1-3H3. The molecule has 1 unspecified atom stereocenters. The molecule has 9 heteroatoms. The minimum absolute atomic E-state index is 0.0886. The predicted octanol–water partition coefficient (Wildman–Crippen LogP) is 2.24. The summed E-state index contributed by atoms with van der Waals surface area (Å²) in [5.74, 6) is -0.933. The Bertz CT molecular complexity index is 261. The van der Waals surface area contributed by atoms with E-state index in [-0.39, 0.29) is 19.8 Å². The Morgan fingerprint density at radius 3 is 1.94 bits per heavy atom. The summed E-state index contributed by atoms with van der Waals surface area (Å²) in [7, 11) is -4.08. The zero-order valence-electron chi connectivity index (χ0n) is 9.88. The van der Waals surface area contributed by atoms with Crippen LogP contribution in [0.5, 0.6) is 0 Å². The van der Waals surface area contributed by atoms with Gasteiger partial charge in [0, 0.05) is 0 Å². The number of carbonyl (C=O) groups is 1. The van der Waals surface area contributed by atoms with E-state index in [0.717, 1.165) is 0 Å². The lowest BCUT2D eigenvalue weighted by Gasteiger charge is -2.18. The van der Waals surface area contributed by atoms with Crippen molar-refractivity contribution in [3.63, 3.8) is 0 Å². The molecule has 0 amide bonds. The average molecular weight is 291 g/mol. The summed E-state index contributed by atoms with van der Waals surface area (Å²) in [5, 5.41) is -1.65. The largest absolute Gasteiger partial charge is 0.464 e. The number of carbonyl (C=O) groups excluding carboxylic acids is 1. The fourth-order valence-corrected chi connectivity index (χ4v) is 1.95. The van der Waals surface area contributed by atoms with E-state index in [9.17, 15) is 9.36 Å². The van der Waals surface area contributed by atoms with Gasteiger partial charge in [0.1, 0.15) is 0 Å². The minimum atomic E-state index is -4.08. The molecule has 0 aromatic heterocycles. The first-order valence-electron chi connectivity index (χ1n) is 5.04. The minimum Gasteiger partial charge on any atom is -0.464 e. The molecule has 0 bridgehead atoms. The van der Waals surface area contributed by atoms with Gasteiger partial charge in [0.05, 0.1) is 19.8 Å². The molecular formula is C8H16ClO7P. The fourth-order valence-electron chi connectivity index (χ4n) is 0.680. The van der Waals surface area contributed by atoms with Crippen molar-refractivity contribution in [2.24, 2.45) is 0 Å². The highest BCUT2D eigenvalue weighted by Crippen LogP contribution is 2.55. The molecule has 7 nitrogen and oxygen atoms in total. The van der Waals surface area contributed by atoms with Gasteiger partial charge in [-0.25, -0.2) is 14.6 Å². The van der Waals surface area contributed by atoms with E-state index in [1.54, 1.807) is 20.8 Å². The lowest BCUT2D eigenvalue weighted by Crippen LogP contribution is -2.21. The maximum absolute atomic E-state index is 12.0. The molecule has 0 heterocycles. The fraction of sp³-hybridized carbons (Fsp3) is 0.875. The smallest absolute Gasteiger partial charge is 0.413 e. The molecule has 0 rings (SSSR count). The normalized spacial score (nSPS) is 13.4. The number of hydrogen-bond donors (Lipinski definition) is 0. The van der Waals surface area contributed by atoms with E-state index in [1.807, 2.05) is 0 Å². The molecule has 102 valence electrons. The van der Waals surface area contributed by atoms with Crippen LogP contribution in [0, 0.1) is 0 Å². The van der Waals surface area contributed by atoms with Crippen LogP contribution in [-0.4, -0.2) is 30.9 Å². The second kappa shape index (κ2) is 8.85. The van der Waals surface area contributed by atoms with Crippen LogP contribution in [0.15, 0.2) is 0 Å². The van der Waals surface area contributed by atoms with Gasteiger partial charge in [-0.2, -0.15) is 0 Å². The van der Waals surface area contributed by atoms with Crippen LogP contribution in [0.3, 0.4) is 0 Å². The maximum Gasteiger partial charge on any atom is 0.413 e. The van der Waals surface area contributed by atoms with Crippen LogP contribution in [0.2, 0.25) is 0 Å². The summed E-state index contributed by atoms with van der Waals surface area (Å²) in [5.41, 5.74) is 0. The summed E-state index contributed by atoms with van der Waals surface area (Å²) in [4.78, 5) is 20.3. The van der Waals surface area contributed by atoms with Crippen molar-refractivity contribution in [3.05, 3.63) is 0 Å². The lowest BCUT2D eigenvalue weighted by atomic mass is 10.7. The summed E-state index contributed by atoms with van der Waals surface area (Å²) in [6, 6.07) is 0. The molecule has 1 atom stereocenters. The van der Waals surface area contributed by atoms with Crippen LogP contribution in [0.25, 0.3) is 0 Å². The van der Waals surface area contributed by atoms with Gasteiger partial charge in [-0.3, -0.25) is 4.57 Å². The highest BCUT2D eigenvalue weighted by molar-refractivity contribution is 7.57. The van der Waals surface area contributed by atoms with Gasteiger partial charge in [-0.05, 0) is 20.8 Å². The molecule has 0 fully saturated rings. The third kappa shape index (κ3) is 5.81. The molecule has 0 saturated carbocycles. The van der Waals surface area contributed by atoms with Crippen LogP contribution < -0.4 is 0 Å². The van der Waals surface area contributed by atoms with Gasteiger partial charge in [0.25, 0.3) is 0 Å². The highest BCUT2D eigenvalue weighted by Gasteiger charge is 2.44. The molecule has 0 N–H and O–H groups in total. The molecule has 0 aromatic rings. The van der Waals surface area contributed by atoms with Crippen molar-refractivity contribution < 1.29 is 33.2 Å². The maximum atomic E-state index is 12.0. The Kier molecular flexibility index (Phi) is 8.77. The summed E-state index contributed by atoms with van der Waals surface area (Å²) >= 11 is 5.64. The molecule has 0 aromatic carbocycles. The Balaban J connectivity index is 4.64. The van der Waals surface area contributed by atoms with Gasteiger partial charge in [0.15, 0.2) is 0 Å². The quantitative estimate of drug-likeness (QED) is 0.212. The third-order valence-electron chi connectivity index (χ3n) is 1.31. The van der Waals surface area contributed by atoms with E-state index >= 15 is 0 Å². The zero-order valence-corrected chi connectivity index (χ0v) is 11.5. The first-order chi connectivity index (χ1) is 8.01. The number of esters is 1. The van der Waals surface area contributed by atoms with E-state index in [4.69, 9.17) is 11.6 Å². The van der Waals surface area contributed by atoms with E-state index < -0.39 is 18.7 Å². The topological polar surface area (TPSA) is 80.3 Å². The number of rotatable bonds is 9. The van der Waals surface area contributed by atoms with Crippen molar-refractivity contribution in [2.45, 2.75) is 25.9 Å². The summed E-state index contributed by atoms with van der Waals surface area (Å²) in [6.45, 7) is 5.07. The number of ether oxygens (including phenoxy) is 1. The number of halogens is 1. The molecular weight excluding hydrogens is 275 g/mol. The van der Waals surface area contributed by atoms with Crippen molar-refractivity contribution in [1.29, 1.82) is 0 Å². The second-order valence-electron chi connectivity index (χ2n) is 2.59. The SMILES string of the molecule is CCOOP(=O)(OOCC)C(Cl)C(=O)OCC. The Labute approximate surface area is 105 Å². The van der Waals surface area contributed by atoms with Gasteiger partial charge in [-0.15, -0.1) is 9.35 Å². The Morgan fingerprint density at radius 1 is 1.12 bits per heavy atom. The van der Waals surface area contributed by atoms with Crippen molar-refractivity contribution in [1.82, 2.24) is 0 Å². The Morgan fingerprint density at radius 2 is 1.59 bits per heavy atom.